The molecule has 0 aromatic carbocycles. The number of rotatable bonds is 57. The first kappa shape index (κ1) is 75.8. The molecule has 9 N–H and O–H groups in total. The van der Waals surface area contributed by atoms with Gasteiger partial charge in [0.15, 0.2) is 12.6 Å². The van der Waals surface area contributed by atoms with E-state index >= 15 is 0 Å². The lowest BCUT2D eigenvalue weighted by molar-refractivity contribution is -0.359. The molecule has 0 radical (unpaired) electrons. The van der Waals surface area contributed by atoms with Gasteiger partial charge in [-0.05, 0) is 19.3 Å². The van der Waals surface area contributed by atoms with Crippen molar-refractivity contribution in [1.82, 2.24) is 5.32 Å². The van der Waals surface area contributed by atoms with Gasteiger partial charge in [-0.25, -0.2) is 0 Å². The van der Waals surface area contributed by atoms with Crippen LogP contribution in [0.15, 0.2) is 12.2 Å². The minimum Gasteiger partial charge on any atom is -0.394 e. The molecule has 2 fully saturated rings. The highest BCUT2D eigenvalue weighted by Crippen LogP contribution is 2.30. The standard InChI is InChI=1S/C67H129NO13/c1-3-5-7-9-11-13-15-17-19-21-23-24-25-26-27-28-29-30-31-33-35-37-39-41-43-45-47-49-51-59(72)68-55(56(71)50-48-46-44-42-40-38-36-34-32-22-20-18-16-14-12-10-8-6-4-2)54-78-66-64(77)62(75)65(58(53-70)80-66)81-67-63(76)61(74)60(73)57(52-69)79-67/h48,50,55-58,60-67,69-71,73-77H,3-47,49,51-54H2,1-2H3,(H,68,72)/b50-48+. The third-order valence-electron chi connectivity index (χ3n) is 17.2. The Morgan fingerprint density at radius 3 is 1.14 bits per heavy atom. The van der Waals surface area contributed by atoms with Crippen molar-refractivity contribution in [2.24, 2.45) is 0 Å². The van der Waals surface area contributed by atoms with Crippen LogP contribution in [0.2, 0.25) is 0 Å². The van der Waals surface area contributed by atoms with Crippen LogP contribution in [-0.2, 0) is 23.7 Å². The Morgan fingerprint density at radius 1 is 0.432 bits per heavy atom. The maximum atomic E-state index is 13.3. The van der Waals surface area contributed by atoms with E-state index in [2.05, 4.69) is 19.2 Å². The van der Waals surface area contributed by atoms with E-state index in [9.17, 15) is 45.6 Å². The van der Waals surface area contributed by atoms with Crippen LogP contribution in [0.3, 0.4) is 0 Å². The molecule has 480 valence electrons. The average Bonchev–Trinajstić information content (AvgIpc) is 3.63. The van der Waals surface area contributed by atoms with Gasteiger partial charge < -0.3 is 65.1 Å². The minimum atomic E-state index is -1.79. The maximum absolute atomic E-state index is 13.3. The topological polar surface area (TPSA) is 228 Å². The van der Waals surface area contributed by atoms with Gasteiger partial charge in [0.25, 0.3) is 0 Å². The van der Waals surface area contributed by atoms with Crippen molar-refractivity contribution in [2.45, 2.75) is 389 Å². The molecule has 2 saturated heterocycles. The fourth-order valence-electron chi connectivity index (χ4n) is 11.7. The fraction of sp³-hybridized carbons (Fsp3) is 0.955. The van der Waals surface area contributed by atoms with Crippen LogP contribution in [0.25, 0.3) is 0 Å². The molecule has 0 aliphatic carbocycles. The van der Waals surface area contributed by atoms with Crippen molar-refractivity contribution >= 4 is 5.91 Å². The zero-order chi connectivity index (χ0) is 58.8. The quantitative estimate of drug-likeness (QED) is 0.0204. The van der Waals surface area contributed by atoms with Gasteiger partial charge >= 0.3 is 0 Å². The number of amides is 1. The molecule has 2 heterocycles. The van der Waals surface area contributed by atoms with Crippen molar-refractivity contribution in [3.63, 3.8) is 0 Å². The Balaban J connectivity index is 1.67. The fourth-order valence-corrected chi connectivity index (χ4v) is 11.7. The maximum Gasteiger partial charge on any atom is 0.220 e. The van der Waals surface area contributed by atoms with Crippen LogP contribution in [-0.4, -0.2) is 140 Å². The van der Waals surface area contributed by atoms with Crippen molar-refractivity contribution in [1.29, 1.82) is 0 Å². The van der Waals surface area contributed by atoms with Crippen molar-refractivity contribution in [3.05, 3.63) is 12.2 Å². The molecule has 0 aromatic rings. The second-order valence-electron chi connectivity index (χ2n) is 24.7. The van der Waals surface area contributed by atoms with Crippen LogP contribution < -0.4 is 5.32 Å². The van der Waals surface area contributed by atoms with Crippen LogP contribution in [0, 0.1) is 0 Å². The summed E-state index contributed by atoms with van der Waals surface area (Å²) >= 11 is 0. The summed E-state index contributed by atoms with van der Waals surface area (Å²) in [5.41, 5.74) is 0. The van der Waals surface area contributed by atoms with Crippen LogP contribution in [0.1, 0.15) is 316 Å². The Labute approximate surface area is 495 Å². The Bertz CT molecular complexity index is 1410. The Hall–Kier alpha value is -1.27. The highest BCUT2D eigenvalue weighted by molar-refractivity contribution is 5.76. The van der Waals surface area contributed by atoms with Crippen LogP contribution in [0.4, 0.5) is 0 Å². The van der Waals surface area contributed by atoms with E-state index in [-0.39, 0.29) is 18.9 Å². The van der Waals surface area contributed by atoms with Gasteiger partial charge in [-0.3, -0.25) is 4.79 Å². The molecular weight excluding hydrogens is 1030 g/mol. The molecular formula is C67H129NO13. The molecule has 81 heavy (non-hydrogen) atoms. The van der Waals surface area contributed by atoms with Crippen molar-refractivity contribution in [3.8, 4) is 0 Å². The molecule has 1 amide bonds. The number of unbranched alkanes of at least 4 members (excludes halogenated alkanes) is 44. The first-order valence-corrected chi connectivity index (χ1v) is 34.4. The Morgan fingerprint density at radius 2 is 0.765 bits per heavy atom. The summed E-state index contributed by atoms with van der Waals surface area (Å²) in [5.74, 6) is -0.231. The average molecular weight is 1160 g/mol. The SMILES string of the molecule is CCCCCCCCCCCCCCCCCCC/C=C/C(O)C(COC1OC(CO)C(OC2OC(CO)C(O)C(O)C2O)C(O)C1O)NC(=O)CCCCCCCCCCCCCCCCCCCCCCCCCCCCCC. The predicted molar refractivity (Wildman–Crippen MR) is 328 cm³/mol. The van der Waals surface area contributed by atoms with E-state index in [4.69, 9.17) is 18.9 Å². The molecule has 12 unspecified atom stereocenters. The molecule has 12 atom stereocenters. The molecule has 2 rings (SSSR count). The monoisotopic (exact) mass is 1160 g/mol. The minimum absolute atomic E-state index is 0.231. The predicted octanol–water partition coefficient (Wildman–Crippen LogP) is 13.4. The normalized spacial score (nSPS) is 24.1. The molecule has 14 nitrogen and oxygen atoms in total. The van der Waals surface area contributed by atoms with Gasteiger partial charge in [0.05, 0.1) is 32.0 Å². The summed E-state index contributed by atoms with van der Waals surface area (Å²) < 4.78 is 22.8. The molecule has 0 saturated carbocycles. The largest absolute Gasteiger partial charge is 0.394 e. The number of hydrogen-bond donors (Lipinski definition) is 9. The van der Waals surface area contributed by atoms with E-state index in [1.54, 1.807) is 6.08 Å². The zero-order valence-corrected chi connectivity index (χ0v) is 52.1. The molecule has 2 aliphatic rings. The van der Waals surface area contributed by atoms with E-state index in [1.165, 1.54) is 250 Å². The number of nitrogens with one attached hydrogen (secondary N) is 1. The number of ether oxygens (including phenoxy) is 4. The van der Waals surface area contributed by atoms with Crippen molar-refractivity contribution in [2.75, 3.05) is 19.8 Å². The van der Waals surface area contributed by atoms with E-state index in [0.717, 1.165) is 38.5 Å². The van der Waals surface area contributed by atoms with Crippen molar-refractivity contribution < 1.29 is 64.6 Å². The number of aliphatic hydroxyl groups excluding tert-OH is 8. The van der Waals surface area contributed by atoms with E-state index in [0.29, 0.717) is 6.42 Å². The van der Waals surface area contributed by atoms with Gasteiger partial charge in [0.2, 0.25) is 5.91 Å². The highest BCUT2D eigenvalue weighted by Gasteiger charge is 2.51. The molecule has 0 spiro atoms. The number of allylic oxidation sites excluding steroid dienone is 1. The third kappa shape index (κ3) is 37.8. The zero-order valence-electron chi connectivity index (χ0n) is 52.1. The van der Waals surface area contributed by atoms with Gasteiger partial charge in [-0.1, -0.05) is 302 Å². The summed E-state index contributed by atoms with van der Waals surface area (Å²) in [6, 6.07) is -0.910. The first-order valence-electron chi connectivity index (χ1n) is 34.4. The van der Waals surface area contributed by atoms with Crippen LogP contribution in [0.5, 0.6) is 0 Å². The summed E-state index contributed by atoms with van der Waals surface area (Å²) in [5, 5.41) is 87.3. The lowest BCUT2D eigenvalue weighted by Crippen LogP contribution is -2.65. The van der Waals surface area contributed by atoms with Gasteiger partial charge in [0, 0.05) is 6.42 Å². The summed E-state index contributed by atoms with van der Waals surface area (Å²) in [4.78, 5) is 13.3. The smallest absolute Gasteiger partial charge is 0.220 e. The van der Waals surface area contributed by atoms with E-state index < -0.39 is 86.8 Å². The Kier molecular flexibility index (Phi) is 49.6. The highest BCUT2D eigenvalue weighted by atomic mass is 16.7. The summed E-state index contributed by atoms with van der Waals surface area (Å²) in [6.07, 6.45) is 46.9. The number of carbonyl (C=O) groups excluding carboxylic acids is 1. The van der Waals surface area contributed by atoms with Gasteiger partial charge in [-0.2, -0.15) is 0 Å². The second-order valence-corrected chi connectivity index (χ2v) is 24.7. The summed E-state index contributed by atoms with van der Waals surface area (Å²) in [7, 11) is 0. The number of hydrogen-bond acceptors (Lipinski definition) is 13. The first-order chi connectivity index (χ1) is 39.6. The van der Waals surface area contributed by atoms with Crippen LogP contribution >= 0.6 is 0 Å². The van der Waals surface area contributed by atoms with Gasteiger partial charge in [0.1, 0.15) is 48.8 Å². The number of carbonyl (C=O) groups is 1. The lowest BCUT2D eigenvalue weighted by atomic mass is 9.97. The molecule has 14 heteroatoms. The number of aliphatic hydroxyl groups is 8. The molecule has 2 aliphatic heterocycles. The third-order valence-corrected chi connectivity index (χ3v) is 17.2. The summed E-state index contributed by atoms with van der Waals surface area (Å²) in [6.45, 7) is 2.85. The molecule has 0 aromatic heterocycles. The molecule has 0 bridgehead atoms. The van der Waals surface area contributed by atoms with E-state index in [1.807, 2.05) is 6.08 Å². The lowest BCUT2D eigenvalue weighted by Gasteiger charge is -2.46. The second kappa shape index (κ2) is 53.0. The van der Waals surface area contributed by atoms with Gasteiger partial charge in [-0.15, -0.1) is 0 Å².